The molecule has 136 valence electrons. The third-order valence-corrected chi connectivity index (χ3v) is 4.28. The second-order valence-electron chi connectivity index (χ2n) is 5.95. The predicted octanol–water partition coefficient (Wildman–Crippen LogP) is 4.54. The zero-order valence-electron chi connectivity index (χ0n) is 14.9. The number of hydrogen-bond acceptors (Lipinski definition) is 5. The highest BCUT2D eigenvalue weighted by Crippen LogP contribution is 2.34. The lowest BCUT2D eigenvalue weighted by Crippen LogP contribution is -2.15. The van der Waals surface area contributed by atoms with Gasteiger partial charge in [-0.3, -0.25) is 0 Å². The molecule has 1 aromatic carbocycles. The number of nitrogen functional groups attached to an aromatic ring is 1. The minimum absolute atomic E-state index is 0.313. The summed E-state index contributed by atoms with van der Waals surface area (Å²) in [5.41, 5.74) is 7.68. The second-order valence-corrected chi connectivity index (χ2v) is 6.80. The van der Waals surface area contributed by atoms with Crippen LogP contribution in [-0.4, -0.2) is 31.9 Å². The molecule has 0 fully saturated rings. The van der Waals surface area contributed by atoms with Gasteiger partial charge in [-0.2, -0.15) is 0 Å². The van der Waals surface area contributed by atoms with Gasteiger partial charge < -0.3 is 19.9 Å². The van der Waals surface area contributed by atoms with E-state index in [1.54, 1.807) is 13.3 Å². The average molecular weight is 409 g/mol. The molecule has 1 unspecified atom stereocenters. The van der Waals surface area contributed by atoms with Gasteiger partial charge in [-0.25, -0.2) is 4.98 Å². The maximum atomic E-state index is 5.90. The summed E-state index contributed by atoms with van der Waals surface area (Å²) >= 11 is 3.40. The molecule has 2 N–H and O–H groups in total. The molecule has 0 aliphatic heterocycles. The van der Waals surface area contributed by atoms with Crippen LogP contribution in [-0.2, 0) is 4.74 Å². The maximum Gasteiger partial charge on any atom is 0.161 e. The first-order chi connectivity index (χ1) is 12.0. The van der Waals surface area contributed by atoms with Crippen molar-refractivity contribution in [2.24, 2.45) is 5.92 Å². The van der Waals surface area contributed by atoms with Gasteiger partial charge in [0.05, 0.1) is 24.8 Å². The summed E-state index contributed by atoms with van der Waals surface area (Å²) in [6, 6.07) is 7.77. The molecule has 0 aliphatic carbocycles. The van der Waals surface area contributed by atoms with Crippen molar-refractivity contribution in [3.8, 4) is 22.6 Å². The van der Waals surface area contributed by atoms with E-state index in [4.69, 9.17) is 19.9 Å². The van der Waals surface area contributed by atoms with Gasteiger partial charge in [0.2, 0.25) is 0 Å². The minimum atomic E-state index is 0.313. The summed E-state index contributed by atoms with van der Waals surface area (Å²) in [5.74, 6) is 2.19. The molecule has 25 heavy (non-hydrogen) atoms. The molecular weight excluding hydrogens is 384 g/mol. The first kappa shape index (κ1) is 19.5. The Hall–Kier alpha value is -1.79. The van der Waals surface area contributed by atoms with Crippen LogP contribution in [0.5, 0.6) is 11.5 Å². The van der Waals surface area contributed by atoms with E-state index in [0.717, 1.165) is 34.4 Å². The lowest BCUT2D eigenvalue weighted by molar-refractivity contribution is 0.0848. The van der Waals surface area contributed by atoms with Crippen molar-refractivity contribution in [1.29, 1.82) is 0 Å². The third kappa shape index (κ3) is 5.61. The molecule has 0 radical (unpaired) electrons. The molecule has 6 heteroatoms. The molecule has 0 saturated carbocycles. The third-order valence-electron chi connectivity index (χ3n) is 3.64. The van der Waals surface area contributed by atoms with Crippen LogP contribution in [0.2, 0.25) is 0 Å². The van der Waals surface area contributed by atoms with Crippen molar-refractivity contribution in [2.45, 2.75) is 20.3 Å². The molecule has 0 spiro atoms. The summed E-state index contributed by atoms with van der Waals surface area (Å²) in [6.45, 7) is 6.26. The lowest BCUT2D eigenvalue weighted by atomic mass is 10.1. The summed E-state index contributed by atoms with van der Waals surface area (Å²) in [5, 5.41) is 0. The number of nitrogens with two attached hydrogens (primary N) is 1. The fraction of sp³-hybridized carbons (Fsp3) is 0.421. The summed E-state index contributed by atoms with van der Waals surface area (Å²) in [6.07, 6.45) is 2.77. The highest BCUT2D eigenvalue weighted by Gasteiger charge is 2.11. The molecule has 0 amide bonds. The number of anilines is 1. The number of methoxy groups -OCH3 is 1. The largest absolute Gasteiger partial charge is 0.493 e. The van der Waals surface area contributed by atoms with Crippen molar-refractivity contribution in [3.63, 3.8) is 0 Å². The van der Waals surface area contributed by atoms with Crippen molar-refractivity contribution in [2.75, 3.05) is 32.7 Å². The number of ether oxygens (including phenoxy) is 3. The molecule has 1 heterocycles. The number of benzene rings is 1. The Labute approximate surface area is 157 Å². The Morgan fingerprint density at radius 1 is 1.16 bits per heavy atom. The Balaban J connectivity index is 2.07. The molecule has 1 aromatic heterocycles. The number of nitrogens with zero attached hydrogens (tertiary/aromatic N) is 1. The van der Waals surface area contributed by atoms with E-state index in [0.29, 0.717) is 30.7 Å². The number of rotatable bonds is 9. The van der Waals surface area contributed by atoms with Crippen LogP contribution in [0.4, 0.5) is 5.82 Å². The van der Waals surface area contributed by atoms with Gasteiger partial charge in [-0.15, -0.1) is 0 Å². The van der Waals surface area contributed by atoms with E-state index in [9.17, 15) is 0 Å². The van der Waals surface area contributed by atoms with Crippen molar-refractivity contribution >= 4 is 21.7 Å². The number of aromatic nitrogens is 1. The molecular formula is C19H25BrN2O3. The molecule has 2 aromatic rings. The van der Waals surface area contributed by atoms with Crippen molar-refractivity contribution in [3.05, 3.63) is 34.9 Å². The van der Waals surface area contributed by atoms with E-state index in [-0.39, 0.29) is 0 Å². The Bertz CT molecular complexity index is 694. The predicted molar refractivity (Wildman–Crippen MR) is 104 cm³/mol. The average Bonchev–Trinajstić information content (AvgIpc) is 2.62. The van der Waals surface area contributed by atoms with Gasteiger partial charge in [-0.05, 0) is 46.1 Å². The van der Waals surface area contributed by atoms with Crippen LogP contribution in [0, 0.1) is 5.92 Å². The highest BCUT2D eigenvalue weighted by molar-refractivity contribution is 9.10. The molecule has 0 aliphatic rings. The van der Waals surface area contributed by atoms with Gasteiger partial charge >= 0.3 is 0 Å². The first-order valence-electron chi connectivity index (χ1n) is 8.35. The molecule has 0 saturated heterocycles. The maximum absolute atomic E-state index is 5.90. The van der Waals surface area contributed by atoms with E-state index < -0.39 is 0 Å². The monoisotopic (exact) mass is 408 g/mol. The fourth-order valence-corrected chi connectivity index (χ4v) is 2.63. The topological polar surface area (TPSA) is 66.6 Å². The van der Waals surface area contributed by atoms with Crippen LogP contribution < -0.4 is 15.2 Å². The van der Waals surface area contributed by atoms with Gasteiger partial charge in [0, 0.05) is 24.3 Å². The van der Waals surface area contributed by atoms with E-state index >= 15 is 0 Å². The zero-order valence-corrected chi connectivity index (χ0v) is 16.5. The normalized spacial score (nSPS) is 12.0. The van der Waals surface area contributed by atoms with Crippen LogP contribution in [0.3, 0.4) is 0 Å². The smallest absolute Gasteiger partial charge is 0.161 e. The SMILES string of the molecule is CCCOCC(C)COc1ccc(-c2cnc(N)c(Br)c2)cc1OC. The summed E-state index contributed by atoms with van der Waals surface area (Å²) < 4.78 is 17.7. The molecule has 2 rings (SSSR count). The van der Waals surface area contributed by atoms with Crippen LogP contribution >= 0.6 is 15.9 Å². The quantitative estimate of drug-likeness (QED) is 0.616. The van der Waals surface area contributed by atoms with E-state index in [1.807, 2.05) is 24.3 Å². The highest BCUT2D eigenvalue weighted by atomic mass is 79.9. The van der Waals surface area contributed by atoms with Crippen LogP contribution in [0.25, 0.3) is 11.1 Å². The molecule has 1 atom stereocenters. The Morgan fingerprint density at radius 3 is 2.64 bits per heavy atom. The van der Waals surface area contributed by atoms with Gasteiger partial charge in [0.25, 0.3) is 0 Å². The van der Waals surface area contributed by atoms with Gasteiger partial charge in [0.15, 0.2) is 11.5 Å². The molecule has 5 nitrogen and oxygen atoms in total. The summed E-state index contributed by atoms with van der Waals surface area (Å²) in [7, 11) is 1.64. The first-order valence-corrected chi connectivity index (χ1v) is 9.14. The number of hydrogen-bond donors (Lipinski definition) is 1. The van der Waals surface area contributed by atoms with Crippen LogP contribution in [0.1, 0.15) is 20.3 Å². The number of pyridine rings is 1. The fourth-order valence-electron chi connectivity index (χ4n) is 2.28. The van der Waals surface area contributed by atoms with Crippen molar-refractivity contribution in [1.82, 2.24) is 4.98 Å². The van der Waals surface area contributed by atoms with Crippen molar-refractivity contribution < 1.29 is 14.2 Å². The minimum Gasteiger partial charge on any atom is -0.493 e. The van der Waals surface area contributed by atoms with Gasteiger partial charge in [-0.1, -0.05) is 19.9 Å². The molecule has 0 bridgehead atoms. The Kier molecular flexibility index (Phi) is 7.52. The zero-order chi connectivity index (χ0) is 18.2. The standard InChI is InChI=1S/C19H25BrN2O3/c1-4-7-24-11-13(2)12-25-17-6-5-14(9-18(17)23-3)15-8-16(20)19(21)22-10-15/h5-6,8-10,13H,4,7,11-12H2,1-3H3,(H2,21,22). The van der Waals surface area contributed by atoms with E-state index in [1.165, 1.54) is 0 Å². The Morgan fingerprint density at radius 2 is 1.96 bits per heavy atom. The van der Waals surface area contributed by atoms with E-state index in [2.05, 4.69) is 34.8 Å². The number of halogens is 1. The summed E-state index contributed by atoms with van der Waals surface area (Å²) in [4.78, 5) is 4.17. The second kappa shape index (κ2) is 9.63. The lowest BCUT2D eigenvalue weighted by Gasteiger charge is -2.16. The van der Waals surface area contributed by atoms with Crippen LogP contribution in [0.15, 0.2) is 34.9 Å². The van der Waals surface area contributed by atoms with Gasteiger partial charge in [0.1, 0.15) is 5.82 Å².